The standard InChI is InChI=1S/C27H27N3O5/c1-17(2)35-27(34)20-13-15-30(16-14-20)26(33)19-9-7-18(8-10-19)24(31)12-11-23-25(32)29-22-6-4-3-5-21(22)28-23/h3-12,17,20H,13-16H2,1-2H3,(H,29,32). The second-order valence-electron chi connectivity index (χ2n) is 8.80. The van der Waals surface area contributed by atoms with Crippen LogP contribution < -0.4 is 5.56 Å². The minimum absolute atomic E-state index is 0.137. The number of aromatic nitrogens is 2. The van der Waals surface area contributed by atoms with Crippen LogP contribution in [0.1, 0.15) is 53.1 Å². The number of ether oxygens (including phenoxy) is 1. The molecule has 0 aliphatic carbocycles. The molecule has 3 aromatic rings. The number of hydrogen-bond acceptors (Lipinski definition) is 6. The van der Waals surface area contributed by atoms with E-state index in [2.05, 4.69) is 9.97 Å². The van der Waals surface area contributed by atoms with E-state index >= 15 is 0 Å². The fraction of sp³-hybridized carbons (Fsp3) is 0.296. The Morgan fingerprint density at radius 2 is 1.69 bits per heavy atom. The third kappa shape index (κ3) is 5.71. The Bertz CT molecular complexity index is 1330. The Hall–Kier alpha value is -4.07. The summed E-state index contributed by atoms with van der Waals surface area (Å²) < 4.78 is 5.28. The highest BCUT2D eigenvalue weighted by Crippen LogP contribution is 2.21. The predicted octanol–water partition coefficient (Wildman–Crippen LogP) is 3.62. The second kappa shape index (κ2) is 10.5. The molecule has 1 aromatic heterocycles. The minimum Gasteiger partial charge on any atom is -0.463 e. The molecule has 0 radical (unpaired) electrons. The van der Waals surface area contributed by atoms with Gasteiger partial charge in [-0.1, -0.05) is 24.3 Å². The maximum Gasteiger partial charge on any atom is 0.309 e. The van der Waals surface area contributed by atoms with Crippen LogP contribution in [0, 0.1) is 5.92 Å². The molecule has 4 rings (SSSR count). The Morgan fingerprint density at radius 3 is 2.37 bits per heavy atom. The number of likely N-dealkylation sites (tertiary alicyclic amines) is 1. The lowest BCUT2D eigenvalue weighted by Gasteiger charge is -2.31. The number of nitrogens with zero attached hydrogens (tertiary/aromatic N) is 2. The van der Waals surface area contributed by atoms with E-state index in [1.807, 2.05) is 19.9 Å². The van der Waals surface area contributed by atoms with Crippen molar-refractivity contribution in [3.8, 4) is 0 Å². The summed E-state index contributed by atoms with van der Waals surface area (Å²) in [6, 6.07) is 13.6. The number of nitrogens with one attached hydrogen (secondary N) is 1. The first kappa shape index (κ1) is 24.1. The van der Waals surface area contributed by atoms with Crippen LogP contribution in [0.4, 0.5) is 0 Å². The third-order valence-electron chi connectivity index (χ3n) is 5.90. The van der Waals surface area contributed by atoms with Gasteiger partial charge in [0, 0.05) is 24.2 Å². The van der Waals surface area contributed by atoms with Gasteiger partial charge in [0.1, 0.15) is 5.69 Å². The maximum atomic E-state index is 12.9. The first-order valence-corrected chi connectivity index (χ1v) is 11.6. The zero-order valence-electron chi connectivity index (χ0n) is 19.7. The zero-order valence-corrected chi connectivity index (χ0v) is 19.7. The summed E-state index contributed by atoms with van der Waals surface area (Å²) in [7, 11) is 0. The van der Waals surface area contributed by atoms with Crippen molar-refractivity contribution in [2.24, 2.45) is 5.92 Å². The van der Waals surface area contributed by atoms with Crippen molar-refractivity contribution in [3.63, 3.8) is 0 Å². The van der Waals surface area contributed by atoms with Crippen molar-refractivity contribution in [1.29, 1.82) is 0 Å². The minimum atomic E-state index is -0.380. The molecule has 35 heavy (non-hydrogen) atoms. The smallest absolute Gasteiger partial charge is 0.309 e. The number of aromatic amines is 1. The van der Waals surface area contributed by atoms with Crippen molar-refractivity contribution < 1.29 is 19.1 Å². The van der Waals surface area contributed by atoms with Gasteiger partial charge in [-0.2, -0.15) is 0 Å². The highest BCUT2D eigenvalue weighted by Gasteiger charge is 2.29. The molecule has 0 atom stereocenters. The molecule has 0 spiro atoms. The molecule has 1 aliphatic heterocycles. The van der Waals surface area contributed by atoms with E-state index in [1.165, 1.54) is 12.2 Å². The lowest BCUT2D eigenvalue weighted by Crippen LogP contribution is -2.41. The van der Waals surface area contributed by atoms with E-state index in [0.717, 1.165) is 0 Å². The SMILES string of the molecule is CC(C)OC(=O)C1CCN(C(=O)c2ccc(C(=O)C=Cc3nc4ccccc4[nH]c3=O)cc2)CC1. The number of allylic oxidation sites excluding steroid dienone is 1. The van der Waals surface area contributed by atoms with Gasteiger partial charge in [0.25, 0.3) is 11.5 Å². The number of ketones is 1. The molecule has 1 N–H and O–H groups in total. The van der Waals surface area contributed by atoms with E-state index < -0.39 is 0 Å². The highest BCUT2D eigenvalue weighted by atomic mass is 16.5. The van der Waals surface area contributed by atoms with Crippen LogP contribution in [-0.2, 0) is 9.53 Å². The number of rotatable bonds is 6. The van der Waals surface area contributed by atoms with Gasteiger partial charge in [0.2, 0.25) is 0 Å². The molecule has 0 saturated carbocycles. The molecule has 1 fully saturated rings. The number of carbonyl (C=O) groups excluding carboxylic acids is 3. The third-order valence-corrected chi connectivity index (χ3v) is 5.90. The van der Waals surface area contributed by atoms with Crippen LogP contribution in [0.5, 0.6) is 0 Å². The molecule has 1 saturated heterocycles. The Balaban J connectivity index is 1.38. The zero-order chi connectivity index (χ0) is 24.9. The van der Waals surface area contributed by atoms with Gasteiger partial charge in [-0.25, -0.2) is 4.98 Å². The average molecular weight is 474 g/mol. The molecule has 8 heteroatoms. The lowest BCUT2D eigenvalue weighted by molar-refractivity contribution is -0.153. The van der Waals surface area contributed by atoms with E-state index in [9.17, 15) is 19.2 Å². The van der Waals surface area contributed by atoms with Gasteiger partial charge in [-0.3, -0.25) is 19.2 Å². The highest BCUT2D eigenvalue weighted by molar-refractivity contribution is 6.07. The molecule has 0 unspecified atom stereocenters. The fourth-order valence-electron chi connectivity index (χ4n) is 4.01. The van der Waals surface area contributed by atoms with Gasteiger partial charge in [-0.15, -0.1) is 0 Å². The molecular formula is C27H27N3O5. The van der Waals surface area contributed by atoms with Crippen molar-refractivity contribution in [1.82, 2.24) is 14.9 Å². The maximum absolute atomic E-state index is 12.9. The Morgan fingerprint density at radius 1 is 1.03 bits per heavy atom. The molecule has 8 nitrogen and oxygen atoms in total. The van der Waals surface area contributed by atoms with Crippen LogP contribution in [0.15, 0.2) is 59.4 Å². The summed E-state index contributed by atoms with van der Waals surface area (Å²) in [6.07, 6.45) is 3.68. The number of para-hydroxylation sites is 2. The van der Waals surface area contributed by atoms with Crippen molar-refractivity contribution in [2.75, 3.05) is 13.1 Å². The normalized spacial score (nSPS) is 14.5. The Kier molecular flexibility index (Phi) is 7.19. The molecule has 1 aliphatic rings. The van der Waals surface area contributed by atoms with Gasteiger partial charge < -0.3 is 14.6 Å². The average Bonchev–Trinajstić information content (AvgIpc) is 2.86. The number of H-pyrrole nitrogens is 1. The summed E-state index contributed by atoms with van der Waals surface area (Å²) in [4.78, 5) is 58.5. The second-order valence-corrected chi connectivity index (χ2v) is 8.80. The van der Waals surface area contributed by atoms with E-state index in [4.69, 9.17) is 4.74 Å². The molecule has 180 valence electrons. The summed E-state index contributed by atoms with van der Waals surface area (Å²) >= 11 is 0. The molecule has 0 bridgehead atoms. The summed E-state index contributed by atoms with van der Waals surface area (Å²) in [5.41, 5.74) is 1.88. The van der Waals surface area contributed by atoms with Gasteiger partial charge in [-0.05, 0) is 63.1 Å². The van der Waals surface area contributed by atoms with Crippen LogP contribution >= 0.6 is 0 Å². The molecular weight excluding hydrogens is 446 g/mol. The molecule has 1 amide bonds. The van der Waals surface area contributed by atoms with E-state index in [1.54, 1.807) is 47.4 Å². The molecule has 2 heterocycles. The number of carbonyl (C=O) groups is 3. The quantitative estimate of drug-likeness (QED) is 0.333. The fourth-order valence-corrected chi connectivity index (χ4v) is 4.01. The van der Waals surface area contributed by atoms with Crippen LogP contribution in [0.25, 0.3) is 17.1 Å². The number of hydrogen-bond donors (Lipinski definition) is 1. The monoisotopic (exact) mass is 473 g/mol. The van der Waals surface area contributed by atoms with Gasteiger partial charge >= 0.3 is 5.97 Å². The van der Waals surface area contributed by atoms with E-state index in [0.29, 0.717) is 48.1 Å². The van der Waals surface area contributed by atoms with Gasteiger partial charge in [0.05, 0.1) is 23.1 Å². The summed E-state index contributed by atoms with van der Waals surface area (Å²) in [6.45, 7) is 4.60. The number of piperidine rings is 1. The van der Waals surface area contributed by atoms with Crippen molar-refractivity contribution in [3.05, 3.63) is 81.8 Å². The van der Waals surface area contributed by atoms with E-state index in [-0.39, 0.29) is 40.9 Å². The molecule has 2 aromatic carbocycles. The number of esters is 1. The number of fused-ring (bicyclic) bond motifs is 1. The van der Waals surface area contributed by atoms with Crippen LogP contribution in [-0.4, -0.2) is 51.7 Å². The first-order valence-electron chi connectivity index (χ1n) is 11.6. The topological polar surface area (TPSA) is 109 Å². The number of benzene rings is 2. The number of amides is 1. The predicted molar refractivity (Wildman–Crippen MR) is 132 cm³/mol. The van der Waals surface area contributed by atoms with Crippen molar-refractivity contribution >= 4 is 34.8 Å². The van der Waals surface area contributed by atoms with Gasteiger partial charge in [0.15, 0.2) is 5.78 Å². The van der Waals surface area contributed by atoms with Crippen LogP contribution in [0.3, 0.4) is 0 Å². The first-order chi connectivity index (χ1) is 16.8. The van der Waals surface area contributed by atoms with Crippen LogP contribution in [0.2, 0.25) is 0 Å². The largest absolute Gasteiger partial charge is 0.463 e. The Labute approximate surface area is 202 Å². The lowest BCUT2D eigenvalue weighted by atomic mass is 9.96. The summed E-state index contributed by atoms with van der Waals surface area (Å²) in [5, 5.41) is 0. The van der Waals surface area contributed by atoms with Crippen molar-refractivity contribution in [2.45, 2.75) is 32.8 Å². The summed E-state index contributed by atoms with van der Waals surface area (Å²) in [5.74, 6) is -0.827.